The first-order chi connectivity index (χ1) is 14.9. The van der Waals surface area contributed by atoms with Gasteiger partial charge in [-0.1, -0.05) is 54.5 Å². The molecule has 0 spiro atoms. The molecule has 1 aliphatic rings. The number of benzene rings is 3. The van der Waals surface area contributed by atoms with E-state index in [1.165, 1.54) is 6.26 Å². The molecule has 0 bridgehead atoms. The molecular weight excluding hydrogens is 410 g/mol. The predicted octanol–water partition coefficient (Wildman–Crippen LogP) is 3.23. The number of para-hydroxylation sites is 1. The van der Waals surface area contributed by atoms with Gasteiger partial charge < -0.3 is 10.1 Å². The van der Waals surface area contributed by atoms with Crippen molar-refractivity contribution in [1.29, 1.82) is 0 Å². The maximum Gasteiger partial charge on any atom is 0.296 e. The van der Waals surface area contributed by atoms with Crippen molar-refractivity contribution in [2.45, 2.75) is 17.4 Å². The summed E-state index contributed by atoms with van der Waals surface area (Å²) in [4.78, 5) is 12.3. The number of nitrogens with one attached hydrogen (secondary N) is 1. The van der Waals surface area contributed by atoms with Gasteiger partial charge in [0.25, 0.3) is 5.91 Å². The molecule has 1 aliphatic heterocycles. The molecule has 5 nitrogen and oxygen atoms in total. The van der Waals surface area contributed by atoms with Gasteiger partial charge in [-0.05, 0) is 35.4 Å². The fourth-order valence-electron chi connectivity index (χ4n) is 3.46. The van der Waals surface area contributed by atoms with Crippen LogP contribution in [0, 0.1) is 11.8 Å². The third-order valence-electron chi connectivity index (χ3n) is 5.01. The van der Waals surface area contributed by atoms with Crippen LogP contribution in [0.4, 0.5) is 0 Å². The minimum atomic E-state index is -3.24. The average molecular weight is 432 g/mol. The van der Waals surface area contributed by atoms with E-state index in [9.17, 15) is 13.2 Å². The van der Waals surface area contributed by atoms with Gasteiger partial charge in [0.2, 0.25) is 0 Å². The average Bonchev–Trinajstić information content (AvgIpc) is 3.20. The number of ether oxygens (including phenoxy) is 1. The molecular formula is C25H21NO4S. The van der Waals surface area contributed by atoms with Crippen molar-refractivity contribution >= 4 is 15.7 Å². The lowest BCUT2D eigenvalue weighted by Gasteiger charge is -2.13. The summed E-state index contributed by atoms with van der Waals surface area (Å²) in [5.74, 6) is 5.85. The van der Waals surface area contributed by atoms with E-state index in [1.54, 1.807) is 24.3 Å². The van der Waals surface area contributed by atoms with Gasteiger partial charge in [-0.15, -0.1) is 0 Å². The zero-order chi connectivity index (χ0) is 21.8. The Morgan fingerprint density at radius 2 is 1.77 bits per heavy atom. The van der Waals surface area contributed by atoms with E-state index < -0.39 is 9.84 Å². The van der Waals surface area contributed by atoms with Gasteiger partial charge in [-0.25, -0.2) is 8.42 Å². The molecule has 156 valence electrons. The Labute approximate surface area is 182 Å². The molecule has 0 aromatic heterocycles. The van der Waals surface area contributed by atoms with E-state index >= 15 is 0 Å². The second-order valence-electron chi connectivity index (χ2n) is 7.36. The van der Waals surface area contributed by atoms with Crippen molar-refractivity contribution in [2.24, 2.45) is 0 Å². The number of hydrogen-bond donors (Lipinski definition) is 1. The van der Waals surface area contributed by atoms with E-state index in [0.717, 1.165) is 28.0 Å². The van der Waals surface area contributed by atoms with Gasteiger partial charge in [0.05, 0.1) is 11.4 Å². The Bertz CT molecular complexity index is 1270. The molecule has 6 heteroatoms. The summed E-state index contributed by atoms with van der Waals surface area (Å²) in [5.41, 5.74) is 3.62. The van der Waals surface area contributed by atoms with E-state index in [-0.39, 0.29) is 16.9 Å². The normalized spacial score (nSPS) is 14.7. The summed E-state index contributed by atoms with van der Waals surface area (Å²) in [7, 11) is -3.24. The van der Waals surface area contributed by atoms with Crippen LogP contribution in [0.15, 0.2) is 77.7 Å². The zero-order valence-electron chi connectivity index (χ0n) is 17.0. The lowest BCUT2D eigenvalue weighted by atomic mass is 10.0. The quantitative estimate of drug-likeness (QED) is 0.644. The lowest BCUT2D eigenvalue weighted by Crippen LogP contribution is -2.33. The fraction of sp³-hybridized carbons (Fsp3) is 0.160. The Balaban J connectivity index is 1.43. The lowest BCUT2D eigenvalue weighted by molar-refractivity contribution is -0.116. The van der Waals surface area contributed by atoms with E-state index in [4.69, 9.17) is 4.74 Å². The van der Waals surface area contributed by atoms with Gasteiger partial charge in [0.15, 0.2) is 9.84 Å². The molecule has 1 atom stereocenters. The molecule has 3 aromatic rings. The summed E-state index contributed by atoms with van der Waals surface area (Å²) in [6, 6.07) is 22.0. The van der Waals surface area contributed by atoms with Crippen LogP contribution in [0.2, 0.25) is 0 Å². The van der Waals surface area contributed by atoms with Gasteiger partial charge in [-0.3, -0.25) is 4.79 Å². The second kappa shape index (κ2) is 8.66. The number of hydrogen-bond acceptors (Lipinski definition) is 4. The van der Waals surface area contributed by atoms with Crippen LogP contribution < -0.4 is 10.1 Å². The number of fused-ring (bicyclic) bond motifs is 1. The van der Waals surface area contributed by atoms with Crippen molar-refractivity contribution in [2.75, 3.05) is 12.8 Å². The molecule has 3 aromatic carbocycles. The standard InChI is InChI=1S/C25H21NO4S/c1-31(28,29)22-13-11-19(12-14-22)23-9-5-8-20-16-21(30-25(20)23)17-26-24(27)15-10-18-6-3-2-4-7-18/h2-9,11-14,21H,16-17H2,1H3,(H,26,27)/t21-/m0/s1. The maximum absolute atomic E-state index is 12.1. The minimum absolute atomic E-state index is 0.186. The molecule has 1 amide bonds. The van der Waals surface area contributed by atoms with Crippen molar-refractivity contribution < 1.29 is 17.9 Å². The zero-order valence-corrected chi connectivity index (χ0v) is 17.8. The Hall–Kier alpha value is -3.56. The number of carbonyl (C=O) groups is 1. The topological polar surface area (TPSA) is 72.5 Å². The van der Waals surface area contributed by atoms with Crippen molar-refractivity contribution in [3.8, 4) is 28.7 Å². The molecule has 0 saturated heterocycles. The Morgan fingerprint density at radius 3 is 2.48 bits per heavy atom. The van der Waals surface area contributed by atoms with E-state index in [2.05, 4.69) is 17.2 Å². The molecule has 4 rings (SSSR count). The Morgan fingerprint density at radius 1 is 1.03 bits per heavy atom. The maximum atomic E-state index is 12.1. The van der Waals surface area contributed by atoms with Crippen molar-refractivity contribution in [1.82, 2.24) is 5.32 Å². The summed E-state index contributed by atoms with van der Waals surface area (Å²) in [6.45, 7) is 0.351. The van der Waals surface area contributed by atoms with E-state index in [0.29, 0.717) is 13.0 Å². The Kier molecular flexibility index (Phi) is 5.79. The summed E-state index contributed by atoms with van der Waals surface area (Å²) >= 11 is 0. The summed E-state index contributed by atoms with van der Waals surface area (Å²) in [5, 5.41) is 2.81. The number of sulfone groups is 1. The third kappa shape index (κ3) is 4.96. The van der Waals surface area contributed by atoms with Gasteiger partial charge in [-0.2, -0.15) is 0 Å². The second-order valence-corrected chi connectivity index (χ2v) is 9.38. The first kappa shape index (κ1) is 20.7. The van der Waals surface area contributed by atoms with Crippen LogP contribution in [-0.2, 0) is 21.1 Å². The van der Waals surface area contributed by atoms with Crippen LogP contribution in [0.1, 0.15) is 11.1 Å². The summed E-state index contributed by atoms with van der Waals surface area (Å²) < 4.78 is 29.5. The smallest absolute Gasteiger partial charge is 0.296 e. The molecule has 0 unspecified atom stereocenters. The van der Waals surface area contributed by atoms with Crippen LogP contribution in [0.3, 0.4) is 0 Å². The van der Waals surface area contributed by atoms with Crippen LogP contribution in [-0.4, -0.2) is 33.2 Å². The van der Waals surface area contributed by atoms with E-state index in [1.807, 2.05) is 48.5 Å². The highest BCUT2D eigenvalue weighted by Crippen LogP contribution is 2.38. The van der Waals surface area contributed by atoms with Crippen molar-refractivity contribution in [3.05, 3.63) is 83.9 Å². The molecule has 0 radical (unpaired) electrons. The summed E-state index contributed by atoms with van der Waals surface area (Å²) in [6.07, 6.45) is 1.68. The highest BCUT2D eigenvalue weighted by Gasteiger charge is 2.26. The molecule has 1 heterocycles. The molecule has 0 saturated carbocycles. The minimum Gasteiger partial charge on any atom is -0.487 e. The highest BCUT2D eigenvalue weighted by molar-refractivity contribution is 7.90. The molecule has 1 N–H and O–H groups in total. The van der Waals surface area contributed by atoms with Gasteiger partial charge in [0.1, 0.15) is 11.9 Å². The molecule has 0 aliphatic carbocycles. The number of carbonyl (C=O) groups excluding carboxylic acids is 1. The number of rotatable bonds is 4. The first-order valence-electron chi connectivity index (χ1n) is 9.84. The monoisotopic (exact) mass is 431 g/mol. The SMILES string of the molecule is CS(=O)(=O)c1ccc(-c2cccc3c2O[C@H](CNC(=O)C#Cc2ccccc2)C3)cc1. The first-order valence-corrected chi connectivity index (χ1v) is 11.7. The van der Waals surface area contributed by atoms with Gasteiger partial charge in [0, 0.05) is 29.7 Å². The largest absolute Gasteiger partial charge is 0.487 e. The fourth-order valence-corrected chi connectivity index (χ4v) is 4.09. The third-order valence-corrected chi connectivity index (χ3v) is 6.14. The molecule has 0 fully saturated rings. The van der Waals surface area contributed by atoms with Gasteiger partial charge >= 0.3 is 0 Å². The predicted molar refractivity (Wildman–Crippen MR) is 119 cm³/mol. The van der Waals surface area contributed by atoms with Crippen LogP contribution >= 0.6 is 0 Å². The molecule has 31 heavy (non-hydrogen) atoms. The van der Waals surface area contributed by atoms with Crippen molar-refractivity contribution in [3.63, 3.8) is 0 Å². The van der Waals surface area contributed by atoms with Crippen LogP contribution in [0.25, 0.3) is 11.1 Å². The highest BCUT2D eigenvalue weighted by atomic mass is 32.2. The number of amides is 1. The van der Waals surface area contributed by atoms with Crippen LogP contribution in [0.5, 0.6) is 5.75 Å².